The molecule has 2 N–H and O–H groups in total. The van der Waals surface area contributed by atoms with Gasteiger partial charge in [0.15, 0.2) is 0 Å². The van der Waals surface area contributed by atoms with Gasteiger partial charge in [-0.05, 0) is 52.7 Å². The van der Waals surface area contributed by atoms with Crippen molar-refractivity contribution in [1.82, 2.24) is 10.3 Å². The molecular weight excluding hydrogens is 308 g/mol. The van der Waals surface area contributed by atoms with E-state index >= 15 is 0 Å². The molecule has 0 fully saturated rings. The lowest BCUT2D eigenvalue weighted by atomic mass is 9.94. The van der Waals surface area contributed by atoms with Crippen molar-refractivity contribution in [2.45, 2.75) is 26.7 Å². The number of hydrogen-bond acceptors (Lipinski definition) is 3. The molecule has 1 aromatic rings. The Morgan fingerprint density at radius 2 is 2.26 bits per heavy atom. The molecule has 1 aromatic heterocycles. The molecule has 106 valence electrons. The molecule has 0 aliphatic carbocycles. The number of nitrogens with one attached hydrogen (secondary N) is 1. The van der Waals surface area contributed by atoms with E-state index < -0.39 is 0 Å². The third-order valence-corrected chi connectivity index (χ3v) is 3.53. The van der Waals surface area contributed by atoms with Gasteiger partial charge in [0.05, 0.1) is 5.56 Å². The Balaban J connectivity index is 2.54. The maximum Gasteiger partial charge on any atom is 0.254 e. The fourth-order valence-corrected chi connectivity index (χ4v) is 2.47. The first-order valence-electron chi connectivity index (χ1n) is 6.54. The van der Waals surface area contributed by atoms with E-state index in [4.69, 9.17) is 5.11 Å². The molecule has 0 saturated carbocycles. The van der Waals surface area contributed by atoms with Crippen LogP contribution in [0.4, 0.5) is 0 Å². The van der Waals surface area contributed by atoms with Gasteiger partial charge in [0.25, 0.3) is 5.91 Å². The third-order valence-electron chi connectivity index (χ3n) is 2.90. The number of carbonyl (C=O) groups excluding carboxylic acids is 1. The minimum Gasteiger partial charge on any atom is -0.396 e. The number of hydrogen-bond donors (Lipinski definition) is 2. The molecule has 1 atom stereocenters. The van der Waals surface area contributed by atoms with Crippen LogP contribution in [-0.4, -0.2) is 29.1 Å². The molecule has 0 bridgehead atoms. The molecule has 1 amide bonds. The largest absolute Gasteiger partial charge is 0.396 e. The van der Waals surface area contributed by atoms with Gasteiger partial charge in [-0.3, -0.25) is 4.79 Å². The molecule has 5 heteroatoms. The van der Waals surface area contributed by atoms with E-state index in [9.17, 15) is 4.79 Å². The Hall–Kier alpha value is -0.940. The molecule has 0 radical (unpaired) electrons. The minimum atomic E-state index is -0.133. The molecule has 1 heterocycles. The van der Waals surface area contributed by atoms with E-state index in [0.29, 0.717) is 35.0 Å². The van der Waals surface area contributed by atoms with Crippen molar-refractivity contribution >= 4 is 21.8 Å². The van der Waals surface area contributed by atoms with Gasteiger partial charge in [0.1, 0.15) is 4.60 Å². The summed E-state index contributed by atoms with van der Waals surface area (Å²) in [6.07, 6.45) is 3.34. The summed E-state index contributed by atoms with van der Waals surface area (Å²) in [4.78, 5) is 16.0. The predicted molar refractivity (Wildman–Crippen MR) is 78.9 cm³/mol. The van der Waals surface area contributed by atoms with Crippen molar-refractivity contribution in [2.75, 3.05) is 13.2 Å². The quantitative estimate of drug-likeness (QED) is 0.756. The molecular formula is C14H21BrN2O2. The summed E-state index contributed by atoms with van der Waals surface area (Å²) in [5.74, 6) is 0.731. The molecule has 0 aliphatic rings. The molecule has 0 aromatic carbocycles. The van der Waals surface area contributed by atoms with Crippen LogP contribution in [0, 0.1) is 11.8 Å². The number of amides is 1. The first-order chi connectivity index (χ1) is 9.04. The third kappa shape index (κ3) is 5.70. The van der Waals surface area contributed by atoms with E-state index in [1.54, 1.807) is 18.3 Å². The molecule has 19 heavy (non-hydrogen) atoms. The normalized spacial score (nSPS) is 12.5. The average Bonchev–Trinajstić information content (AvgIpc) is 2.36. The molecule has 0 aliphatic heterocycles. The van der Waals surface area contributed by atoms with Crippen LogP contribution in [0.1, 0.15) is 37.0 Å². The lowest BCUT2D eigenvalue weighted by molar-refractivity contribution is 0.0940. The Morgan fingerprint density at radius 1 is 1.53 bits per heavy atom. The van der Waals surface area contributed by atoms with Gasteiger partial charge in [0, 0.05) is 19.3 Å². The smallest absolute Gasteiger partial charge is 0.254 e. The number of aliphatic hydroxyl groups excluding tert-OH is 1. The highest BCUT2D eigenvalue weighted by Crippen LogP contribution is 2.16. The van der Waals surface area contributed by atoms with E-state index in [-0.39, 0.29) is 12.5 Å². The Labute approximate surface area is 122 Å². The van der Waals surface area contributed by atoms with Gasteiger partial charge in [-0.2, -0.15) is 0 Å². The maximum absolute atomic E-state index is 12.0. The SMILES string of the molecule is CC(C)CC(CCO)CNC(=O)c1cccnc1Br. The highest BCUT2D eigenvalue weighted by atomic mass is 79.9. The van der Waals surface area contributed by atoms with Crippen molar-refractivity contribution in [3.05, 3.63) is 28.5 Å². The summed E-state index contributed by atoms with van der Waals surface area (Å²) < 4.78 is 0.551. The van der Waals surface area contributed by atoms with Crippen LogP contribution in [0.25, 0.3) is 0 Å². The topological polar surface area (TPSA) is 62.2 Å². The number of rotatable bonds is 7. The number of carbonyl (C=O) groups is 1. The van der Waals surface area contributed by atoms with Gasteiger partial charge >= 0.3 is 0 Å². The van der Waals surface area contributed by atoms with Gasteiger partial charge in [-0.25, -0.2) is 4.98 Å². The molecule has 1 unspecified atom stereocenters. The highest BCUT2D eigenvalue weighted by Gasteiger charge is 2.14. The van der Waals surface area contributed by atoms with Crippen LogP contribution in [-0.2, 0) is 0 Å². The van der Waals surface area contributed by atoms with Crippen LogP contribution in [0.3, 0.4) is 0 Å². The summed E-state index contributed by atoms with van der Waals surface area (Å²) >= 11 is 3.26. The number of halogens is 1. The van der Waals surface area contributed by atoms with E-state index in [1.807, 2.05) is 0 Å². The van der Waals surface area contributed by atoms with Gasteiger partial charge in [-0.1, -0.05) is 13.8 Å². The standard InChI is InChI=1S/C14H21BrN2O2/c1-10(2)8-11(5-7-18)9-17-14(19)12-4-3-6-16-13(12)15/h3-4,6,10-11,18H,5,7-9H2,1-2H3,(H,17,19). The number of aromatic nitrogens is 1. The summed E-state index contributed by atoms with van der Waals surface area (Å²) in [5, 5.41) is 12.0. The first kappa shape index (κ1) is 16.1. The van der Waals surface area contributed by atoms with E-state index in [2.05, 4.69) is 40.1 Å². The Morgan fingerprint density at radius 3 is 2.84 bits per heavy atom. The van der Waals surface area contributed by atoms with Crippen LogP contribution in [0.15, 0.2) is 22.9 Å². The molecule has 1 rings (SSSR count). The summed E-state index contributed by atoms with van der Waals surface area (Å²) in [5.41, 5.74) is 0.537. The average molecular weight is 329 g/mol. The zero-order valence-corrected chi connectivity index (χ0v) is 13.0. The second-order valence-corrected chi connectivity index (χ2v) is 5.81. The zero-order chi connectivity index (χ0) is 14.3. The number of pyridine rings is 1. The molecule has 0 saturated heterocycles. The fourth-order valence-electron chi connectivity index (χ4n) is 2.04. The first-order valence-corrected chi connectivity index (χ1v) is 7.33. The second kappa shape index (κ2) is 8.27. The van der Waals surface area contributed by atoms with Crippen molar-refractivity contribution in [1.29, 1.82) is 0 Å². The Bertz CT molecular complexity index is 410. The van der Waals surface area contributed by atoms with Crippen molar-refractivity contribution in [3.8, 4) is 0 Å². The zero-order valence-electron chi connectivity index (χ0n) is 11.4. The summed E-state index contributed by atoms with van der Waals surface area (Å²) in [6, 6.07) is 3.47. The minimum absolute atomic E-state index is 0.133. The van der Waals surface area contributed by atoms with E-state index in [1.165, 1.54) is 0 Å². The van der Waals surface area contributed by atoms with Gasteiger partial charge in [0.2, 0.25) is 0 Å². The van der Waals surface area contributed by atoms with Gasteiger partial charge < -0.3 is 10.4 Å². The van der Waals surface area contributed by atoms with Gasteiger partial charge in [-0.15, -0.1) is 0 Å². The molecule has 4 nitrogen and oxygen atoms in total. The number of nitrogens with zero attached hydrogens (tertiary/aromatic N) is 1. The van der Waals surface area contributed by atoms with Crippen LogP contribution >= 0.6 is 15.9 Å². The van der Waals surface area contributed by atoms with Crippen molar-refractivity contribution in [3.63, 3.8) is 0 Å². The second-order valence-electron chi connectivity index (χ2n) is 5.06. The highest BCUT2D eigenvalue weighted by molar-refractivity contribution is 9.10. The fraction of sp³-hybridized carbons (Fsp3) is 0.571. The van der Waals surface area contributed by atoms with Crippen molar-refractivity contribution in [2.24, 2.45) is 11.8 Å². The predicted octanol–water partition coefficient (Wildman–Crippen LogP) is 2.62. The molecule has 0 spiro atoms. The van der Waals surface area contributed by atoms with Crippen molar-refractivity contribution < 1.29 is 9.90 Å². The number of aliphatic hydroxyl groups is 1. The monoisotopic (exact) mass is 328 g/mol. The Kier molecular flexibility index (Phi) is 7.02. The van der Waals surface area contributed by atoms with Crippen LogP contribution in [0.5, 0.6) is 0 Å². The van der Waals surface area contributed by atoms with Crippen LogP contribution in [0.2, 0.25) is 0 Å². The maximum atomic E-state index is 12.0. The lowest BCUT2D eigenvalue weighted by Gasteiger charge is -2.18. The summed E-state index contributed by atoms with van der Waals surface area (Å²) in [7, 11) is 0. The summed E-state index contributed by atoms with van der Waals surface area (Å²) in [6.45, 7) is 5.02. The van der Waals surface area contributed by atoms with Crippen LogP contribution < -0.4 is 5.32 Å². The van der Waals surface area contributed by atoms with E-state index in [0.717, 1.165) is 6.42 Å². The lowest BCUT2D eigenvalue weighted by Crippen LogP contribution is -2.30.